The van der Waals surface area contributed by atoms with E-state index in [2.05, 4.69) is 4.72 Å². The number of hydrogen-bond acceptors (Lipinski definition) is 2. The first kappa shape index (κ1) is 17.8. The minimum absolute atomic E-state index is 0.000989. The SMILES string of the molecule is Cc1cc(S(=O)(=O)Nc2ccccc2-c2ccccc2)c(Cl)cc1Cl. The molecule has 0 aromatic heterocycles. The quantitative estimate of drug-likeness (QED) is 0.613. The minimum Gasteiger partial charge on any atom is -0.279 e. The summed E-state index contributed by atoms with van der Waals surface area (Å²) in [5, 5.41) is 0.508. The highest BCUT2D eigenvalue weighted by molar-refractivity contribution is 7.92. The van der Waals surface area contributed by atoms with E-state index >= 15 is 0 Å². The third-order valence-corrected chi connectivity index (χ3v) is 6.00. The van der Waals surface area contributed by atoms with E-state index in [9.17, 15) is 8.42 Å². The molecule has 3 rings (SSSR count). The van der Waals surface area contributed by atoms with Crippen LogP contribution in [0.15, 0.2) is 71.6 Å². The monoisotopic (exact) mass is 391 g/mol. The van der Waals surface area contributed by atoms with E-state index in [1.165, 1.54) is 12.1 Å². The van der Waals surface area contributed by atoms with E-state index in [1.807, 2.05) is 42.5 Å². The first-order valence-electron chi connectivity index (χ1n) is 7.51. The summed E-state index contributed by atoms with van der Waals surface area (Å²) in [5.74, 6) is 0. The van der Waals surface area contributed by atoms with Gasteiger partial charge in [-0.2, -0.15) is 0 Å². The number of hydrogen-bond donors (Lipinski definition) is 1. The Morgan fingerprint density at radius 3 is 2.20 bits per heavy atom. The van der Waals surface area contributed by atoms with Crippen LogP contribution in [0.1, 0.15) is 5.56 Å². The lowest BCUT2D eigenvalue weighted by atomic mass is 10.0. The molecule has 0 fully saturated rings. The average molecular weight is 392 g/mol. The van der Waals surface area contributed by atoms with Crippen LogP contribution >= 0.6 is 23.2 Å². The second-order valence-corrected chi connectivity index (χ2v) is 8.01. The maximum absolute atomic E-state index is 12.8. The predicted molar refractivity (Wildman–Crippen MR) is 104 cm³/mol. The molecule has 128 valence electrons. The topological polar surface area (TPSA) is 46.2 Å². The number of rotatable bonds is 4. The molecule has 0 saturated heterocycles. The number of benzene rings is 3. The van der Waals surface area contributed by atoms with Crippen molar-refractivity contribution in [3.63, 3.8) is 0 Å². The number of para-hydroxylation sites is 1. The Labute approximate surface area is 157 Å². The number of anilines is 1. The third-order valence-electron chi connectivity index (χ3n) is 3.76. The van der Waals surface area contributed by atoms with E-state index < -0.39 is 10.0 Å². The van der Waals surface area contributed by atoms with Crippen molar-refractivity contribution in [2.75, 3.05) is 4.72 Å². The van der Waals surface area contributed by atoms with E-state index in [0.717, 1.165) is 11.1 Å². The van der Waals surface area contributed by atoms with E-state index in [4.69, 9.17) is 23.2 Å². The fourth-order valence-electron chi connectivity index (χ4n) is 2.48. The second kappa shape index (κ2) is 7.08. The summed E-state index contributed by atoms with van der Waals surface area (Å²) in [4.78, 5) is -0.000989. The number of aryl methyl sites for hydroxylation is 1. The Bertz CT molecular complexity index is 1020. The van der Waals surface area contributed by atoms with Gasteiger partial charge >= 0.3 is 0 Å². The van der Waals surface area contributed by atoms with Crippen LogP contribution in [0.25, 0.3) is 11.1 Å². The molecule has 25 heavy (non-hydrogen) atoms. The highest BCUT2D eigenvalue weighted by Crippen LogP contribution is 2.32. The fourth-order valence-corrected chi connectivity index (χ4v) is 4.39. The normalized spacial score (nSPS) is 11.3. The van der Waals surface area contributed by atoms with Gasteiger partial charge < -0.3 is 0 Å². The Kier molecular flexibility index (Phi) is 5.04. The van der Waals surface area contributed by atoms with E-state index in [0.29, 0.717) is 16.3 Å². The van der Waals surface area contributed by atoms with E-state index in [1.54, 1.807) is 19.1 Å². The summed E-state index contributed by atoms with van der Waals surface area (Å²) >= 11 is 12.1. The molecule has 0 aliphatic heterocycles. The van der Waals surface area contributed by atoms with Crippen LogP contribution in [0.3, 0.4) is 0 Å². The van der Waals surface area contributed by atoms with Crippen molar-refractivity contribution in [3.05, 3.63) is 82.3 Å². The molecule has 1 N–H and O–H groups in total. The lowest BCUT2D eigenvalue weighted by molar-refractivity contribution is 0.601. The van der Waals surface area contributed by atoms with Crippen molar-refractivity contribution >= 4 is 38.9 Å². The van der Waals surface area contributed by atoms with Gasteiger partial charge in [0.2, 0.25) is 0 Å². The molecule has 6 heteroatoms. The molecule has 0 atom stereocenters. The van der Waals surface area contributed by atoms with Gasteiger partial charge in [-0.15, -0.1) is 0 Å². The lowest BCUT2D eigenvalue weighted by Crippen LogP contribution is -2.14. The molecule has 0 aliphatic carbocycles. The second-order valence-electron chi connectivity index (χ2n) is 5.55. The first-order valence-corrected chi connectivity index (χ1v) is 9.75. The molecule has 3 aromatic carbocycles. The summed E-state index contributed by atoms with van der Waals surface area (Å²) < 4.78 is 28.3. The van der Waals surface area contributed by atoms with Crippen molar-refractivity contribution in [1.82, 2.24) is 0 Å². The van der Waals surface area contributed by atoms with Crippen LogP contribution < -0.4 is 4.72 Å². The van der Waals surface area contributed by atoms with Gasteiger partial charge in [-0.25, -0.2) is 8.42 Å². The highest BCUT2D eigenvalue weighted by atomic mass is 35.5. The number of sulfonamides is 1. The van der Waals surface area contributed by atoms with Crippen LogP contribution in [0.4, 0.5) is 5.69 Å². The highest BCUT2D eigenvalue weighted by Gasteiger charge is 2.21. The summed E-state index contributed by atoms with van der Waals surface area (Å²) in [6.07, 6.45) is 0. The standard InChI is InChI=1S/C19H15Cl2NO2S/c1-13-11-19(17(21)12-16(13)20)25(23,24)22-18-10-6-5-9-15(18)14-7-3-2-4-8-14/h2-12,22H,1H3. The van der Waals surface area contributed by atoms with Crippen LogP contribution in [0.5, 0.6) is 0 Å². The largest absolute Gasteiger partial charge is 0.279 e. The molecule has 0 saturated carbocycles. The van der Waals surface area contributed by atoms with Gasteiger partial charge in [0.25, 0.3) is 10.0 Å². The van der Waals surface area contributed by atoms with Gasteiger partial charge in [0.1, 0.15) is 4.90 Å². The molecule has 0 unspecified atom stereocenters. The van der Waals surface area contributed by atoms with Crippen molar-refractivity contribution < 1.29 is 8.42 Å². The van der Waals surface area contributed by atoms with Gasteiger partial charge in [-0.3, -0.25) is 4.72 Å². The maximum Gasteiger partial charge on any atom is 0.263 e. The summed E-state index contributed by atoms with van der Waals surface area (Å²) in [5.41, 5.74) is 2.83. The van der Waals surface area contributed by atoms with Gasteiger partial charge in [0.05, 0.1) is 10.7 Å². The molecule has 0 radical (unpaired) electrons. The first-order chi connectivity index (χ1) is 11.9. The minimum atomic E-state index is -3.85. The molecule has 0 heterocycles. The van der Waals surface area contributed by atoms with Gasteiger partial charge in [0, 0.05) is 10.6 Å². The Balaban J connectivity index is 2.05. The summed E-state index contributed by atoms with van der Waals surface area (Å²) in [7, 11) is -3.85. The zero-order chi connectivity index (χ0) is 18.0. The van der Waals surface area contributed by atoms with Crippen molar-refractivity contribution in [1.29, 1.82) is 0 Å². The molecule has 0 spiro atoms. The van der Waals surface area contributed by atoms with Gasteiger partial charge in [0.15, 0.2) is 0 Å². The average Bonchev–Trinajstić information content (AvgIpc) is 2.59. The van der Waals surface area contributed by atoms with E-state index in [-0.39, 0.29) is 9.92 Å². The zero-order valence-electron chi connectivity index (χ0n) is 13.3. The number of nitrogens with one attached hydrogen (secondary N) is 1. The fraction of sp³-hybridized carbons (Fsp3) is 0.0526. The molecule has 0 aliphatic rings. The Morgan fingerprint density at radius 2 is 1.48 bits per heavy atom. The summed E-state index contributed by atoms with van der Waals surface area (Å²) in [6.45, 7) is 1.73. The molecule has 3 nitrogen and oxygen atoms in total. The molecular formula is C19H15Cl2NO2S. The Morgan fingerprint density at radius 1 is 0.840 bits per heavy atom. The predicted octanol–water partition coefficient (Wildman–Crippen LogP) is 5.77. The molecular weight excluding hydrogens is 377 g/mol. The van der Waals surface area contributed by atoms with Crippen LogP contribution in [-0.4, -0.2) is 8.42 Å². The van der Waals surface area contributed by atoms with Crippen molar-refractivity contribution in [2.45, 2.75) is 11.8 Å². The maximum atomic E-state index is 12.8. The van der Waals surface area contributed by atoms with Crippen molar-refractivity contribution in [2.24, 2.45) is 0 Å². The molecule has 0 amide bonds. The smallest absolute Gasteiger partial charge is 0.263 e. The van der Waals surface area contributed by atoms with Crippen LogP contribution in [-0.2, 0) is 10.0 Å². The van der Waals surface area contributed by atoms with Crippen LogP contribution in [0, 0.1) is 6.92 Å². The van der Waals surface area contributed by atoms with Gasteiger partial charge in [-0.05, 0) is 36.2 Å². The molecule has 3 aromatic rings. The third kappa shape index (κ3) is 3.82. The molecule has 0 bridgehead atoms. The Hall–Kier alpha value is -2.01. The van der Waals surface area contributed by atoms with Crippen LogP contribution in [0.2, 0.25) is 10.0 Å². The number of halogens is 2. The zero-order valence-corrected chi connectivity index (χ0v) is 15.7. The lowest BCUT2D eigenvalue weighted by Gasteiger charge is -2.14. The van der Waals surface area contributed by atoms with Crippen molar-refractivity contribution in [3.8, 4) is 11.1 Å². The van der Waals surface area contributed by atoms with Gasteiger partial charge in [-0.1, -0.05) is 71.7 Å². The summed E-state index contributed by atoms with van der Waals surface area (Å²) in [6, 6.07) is 19.7.